The molecule has 0 unspecified atom stereocenters. The van der Waals surface area contributed by atoms with Gasteiger partial charge in [-0.15, -0.1) is 0 Å². The van der Waals surface area contributed by atoms with Gasteiger partial charge < -0.3 is 10.1 Å². The van der Waals surface area contributed by atoms with Crippen molar-refractivity contribution in [2.75, 3.05) is 12.4 Å². The van der Waals surface area contributed by atoms with Crippen LogP contribution in [0.2, 0.25) is 0 Å². The number of rotatable bonds is 5. The van der Waals surface area contributed by atoms with Gasteiger partial charge in [0.1, 0.15) is 0 Å². The van der Waals surface area contributed by atoms with E-state index in [1.807, 2.05) is 17.8 Å². The van der Waals surface area contributed by atoms with Crippen LogP contribution in [0.4, 0.5) is 5.69 Å². The zero-order chi connectivity index (χ0) is 15.5. The van der Waals surface area contributed by atoms with Gasteiger partial charge in [0, 0.05) is 43.6 Å². The average molecular weight is 287 g/mol. The summed E-state index contributed by atoms with van der Waals surface area (Å²) in [4.78, 5) is 0. The Hall–Kier alpha value is -1.81. The second-order valence-electron chi connectivity index (χ2n) is 6.41. The minimum Gasteiger partial charge on any atom is -0.381 e. The molecular formula is C17H25N3O. The predicted octanol–water partition coefficient (Wildman–Crippen LogP) is 3.48. The van der Waals surface area contributed by atoms with E-state index in [0.717, 1.165) is 17.9 Å². The molecule has 1 aromatic carbocycles. The van der Waals surface area contributed by atoms with E-state index in [1.54, 1.807) is 7.11 Å². The number of nitrogens with one attached hydrogen (secondary N) is 1. The van der Waals surface area contributed by atoms with Gasteiger partial charge in [0.25, 0.3) is 0 Å². The molecule has 4 nitrogen and oxygen atoms in total. The van der Waals surface area contributed by atoms with Gasteiger partial charge in [0.15, 0.2) is 0 Å². The molecule has 0 aliphatic rings. The highest BCUT2D eigenvalue weighted by Crippen LogP contribution is 2.25. The number of anilines is 1. The minimum absolute atomic E-state index is 0.0518. The maximum atomic E-state index is 5.17. The Morgan fingerprint density at radius 1 is 1.29 bits per heavy atom. The SMILES string of the molecule is COCc1cccc(NCc2cn(C)nc2C(C)(C)C)c1. The van der Waals surface area contributed by atoms with Gasteiger partial charge in [-0.2, -0.15) is 5.10 Å². The predicted molar refractivity (Wildman–Crippen MR) is 86.4 cm³/mol. The zero-order valence-electron chi connectivity index (χ0n) is 13.6. The Morgan fingerprint density at radius 2 is 2.05 bits per heavy atom. The summed E-state index contributed by atoms with van der Waals surface area (Å²) in [5, 5.41) is 8.07. The fraction of sp³-hybridized carbons (Fsp3) is 0.471. The lowest BCUT2D eigenvalue weighted by Gasteiger charge is -2.18. The molecule has 0 saturated heterocycles. The number of benzene rings is 1. The quantitative estimate of drug-likeness (QED) is 0.915. The van der Waals surface area contributed by atoms with Crippen LogP contribution in [0.25, 0.3) is 0 Å². The Balaban J connectivity index is 2.11. The van der Waals surface area contributed by atoms with E-state index in [0.29, 0.717) is 6.61 Å². The highest BCUT2D eigenvalue weighted by Gasteiger charge is 2.21. The molecule has 0 bridgehead atoms. The first-order valence-electron chi connectivity index (χ1n) is 7.25. The number of aryl methyl sites for hydroxylation is 1. The number of hydrogen-bond donors (Lipinski definition) is 1. The third-order valence-electron chi connectivity index (χ3n) is 3.34. The maximum Gasteiger partial charge on any atom is 0.0727 e. The van der Waals surface area contributed by atoms with E-state index in [9.17, 15) is 0 Å². The summed E-state index contributed by atoms with van der Waals surface area (Å²) in [7, 11) is 3.68. The topological polar surface area (TPSA) is 39.1 Å². The van der Waals surface area contributed by atoms with Gasteiger partial charge in [-0.05, 0) is 17.7 Å². The van der Waals surface area contributed by atoms with Gasteiger partial charge in [0.2, 0.25) is 0 Å². The Bertz CT molecular complexity index is 596. The third kappa shape index (κ3) is 4.08. The Kier molecular flexibility index (Phi) is 4.68. The van der Waals surface area contributed by atoms with Gasteiger partial charge in [0.05, 0.1) is 12.3 Å². The third-order valence-corrected chi connectivity index (χ3v) is 3.34. The lowest BCUT2D eigenvalue weighted by atomic mass is 9.89. The molecule has 0 aliphatic carbocycles. The fourth-order valence-electron chi connectivity index (χ4n) is 2.43. The highest BCUT2D eigenvalue weighted by molar-refractivity contribution is 5.46. The van der Waals surface area contributed by atoms with Crippen LogP contribution < -0.4 is 5.32 Å². The lowest BCUT2D eigenvalue weighted by Crippen LogP contribution is -2.16. The molecule has 21 heavy (non-hydrogen) atoms. The summed E-state index contributed by atoms with van der Waals surface area (Å²) in [6, 6.07) is 8.31. The number of hydrogen-bond acceptors (Lipinski definition) is 3. The van der Waals surface area contributed by atoms with Crippen LogP contribution in [0, 0.1) is 0 Å². The molecule has 0 amide bonds. The molecule has 2 rings (SSSR count). The van der Waals surface area contributed by atoms with Crippen molar-refractivity contribution in [3.63, 3.8) is 0 Å². The number of nitrogens with zero attached hydrogens (tertiary/aromatic N) is 2. The largest absolute Gasteiger partial charge is 0.381 e. The molecule has 0 fully saturated rings. The second-order valence-corrected chi connectivity index (χ2v) is 6.41. The first-order valence-corrected chi connectivity index (χ1v) is 7.25. The van der Waals surface area contributed by atoms with Crippen LogP contribution in [0.15, 0.2) is 30.5 Å². The van der Waals surface area contributed by atoms with Gasteiger partial charge >= 0.3 is 0 Å². The normalized spacial score (nSPS) is 11.7. The summed E-state index contributed by atoms with van der Waals surface area (Å²) >= 11 is 0. The molecule has 2 aromatic rings. The van der Waals surface area contributed by atoms with E-state index < -0.39 is 0 Å². The van der Waals surface area contributed by atoms with Crippen molar-refractivity contribution in [1.82, 2.24) is 9.78 Å². The fourth-order valence-corrected chi connectivity index (χ4v) is 2.43. The van der Waals surface area contributed by atoms with Crippen molar-refractivity contribution in [3.05, 3.63) is 47.3 Å². The van der Waals surface area contributed by atoms with E-state index in [4.69, 9.17) is 4.74 Å². The maximum absolute atomic E-state index is 5.17. The highest BCUT2D eigenvalue weighted by atomic mass is 16.5. The smallest absolute Gasteiger partial charge is 0.0727 e. The van der Waals surface area contributed by atoms with Crippen LogP contribution in [-0.2, 0) is 30.4 Å². The van der Waals surface area contributed by atoms with Crippen LogP contribution in [0.1, 0.15) is 37.6 Å². The summed E-state index contributed by atoms with van der Waals surface area (Å²) < 4.78 is 7.06. The van der Waals surface area contributed by atoms with Gasteiger partial charge in [-0.3, -0.25) is 4.68 Å². The summed E-state index contributed by atoms with van der Waals surface area (Å²) in [6.45, 7) is 7.99. The molecule has 0 radical (unpaired) electrons. The molecule has 0 aliphatic heterocycles. The molecule has 1 N–H and O–H groups in total. The first kappa shape index (κ1) is 15.6. The van der Waals surface area contributed by atoms with Gasteiger partial charge in [-0.1, -0.05) is 32.9 Å². The molecule has 114 valence electrons. The summed E-state index contributed by atoms with van der Waals surface area (Å²) in [5.41, 5.74) is 4.71. The number of aromatic nitrogens is 2. The van der Waals surface area contributed by atoms with E-state index >= 15 is 0 Å². The Labute approximate surface area is 127 Å². The molecule has 0 spiro atoms. The summed E-state index contributed by atoms with van der Waals surface area (Å²) in [5.74, 6) is 0. The molecular weight excluding hydrogens is 262 g/mol. The van der Waals surface area contributed by atoms with Crippen LogP contribution in [-0.4, -0.2) is 16.9 Å². The Morgan fingerprint density at radius 3 is 2.71 bits per heavy atom. The molecule has 4 heteroatoms. The van der Waals surface area contributed by atoms with Crippen molar-refractivity contribution in [1.29, 1.82) is 0 Å². The van der Waals surface area contributed by atoms with Crippen molar-refractivity contribution in [3.8, 4) is 0 Å². The van der Waals surface area contributed by atoms with E-state index in [1.165, 1.54) is 11.1 Å². The van der Waals surface area contributed by atoms with Crippen molar-refractivity contribution < 1.29 is 4.74 Å². The van der Waals surface area contributed by atoms with Crippen molar-refractivity contribution in [2.24, 2.45) is 7.05 Å². The molecule has 0 saturated carbocycles. The van der Waals surface area contributed by atoms with Crippen LogP contribution >= 0.6 is 0 Å². The van der Waals surface area contributed by atoms with E-state index in [-0.39, 0.29) is 5.41 Å². The first-order chi connectivity index (χ1) is 9.90. The van der Waals surface area contributed by atoms with E-state index in [2.05, 4.69) is 55.6 Å². The minimum atomic E-state index is 0.0518. The summed E-state index contributed by atoms with van der Waals surface area (Å²) in [6.07, 6.45) is 2.09. The average Bonchev–Trinajstić information content (AvgIpc) is 2.79. The van der Waals surface area contributed by atoms with Crippen LogP contribution in [0.5, 0.6) is 0 Å². The second kappa shape index (κ2) is 6.31. The monoisotopic (exact) mass is 287 g/mol. The number of ether oxygens (including phenoxy) is 1. The molecule has 0 atom stereocenters. The van der Waals surface area contributed by atoms with Crippen molar-refractivity contribution in [2.45, 2.75) is 39.3 Å². The zero-order valence-corrected chi connectivity index (χ0v) is 13.6. The van der Waals surface area contributed by atoms with Gasteiger partial charge in [-0.25, -0.2) is 0 Å². The standard InChI is InChI=1S/C17H25N3O/c1-17(2,3)16-14(11-20(4)19-16)10-18-15-8-6-7-13(9-15)12-21-5/h6-9,11,18H,10,12H2,1-5H3. The molecule has 1 heterocycles. The molecule has 1 aromatic heterocycles. The number of methoxy groups -OCH3 is 1. The van der Waals surface area contributed by atoms with Crippen LogP contribution in [0.3, 0.4) is 0 Å². The van der Waals surface area contributed by atoms with Crippen molar-refractivity contribution >= 4 is 5.69 Å². The lowest BCUT2D eigenvalue weighted by molar-refractivity contribution is 0.185.